The van der Waals surface area contributed by atoms with Crippen LogP contribution in [0.1, 0.15) is 83.6 Å². The van der Waals surface area contributed by atoms with Crippen LogP contribution in [0.4, 0.5) is 0 Å². The smallest absolute Gasteiger partial charge is 0.272 e. The standard InChI is InChI=1S/C31H49N7O6S2/c1-6-8-20(23(39)28(43)35-19-9-10-19)36-27(42)22-15-31(45-13-7-14-46-31)17-38(22)29(44)24(30(3,4)5)37-25(40)18(2)34-26(41)21-16-32-11-12-33-21/h11-12,16,18-20,22-24,27,36,39,42H,6-10,13-15,17H2,1-5H3,(H,34,41)(H,35,43)(H,37,40)/t18-,20-,22-,23?,24+,27?/m0/s1. The maximum atomic E-state index is 14.5. The van der Waals surface area contributed by atoms with Crippen molar-refractivity contribution in [2.75, 3.05) is 18.1 Å². The van der Waals surface area contributed by atoms with Crippen LogP contribution in [-0.4, -0.2) is 113 Å². The van der Waals surface area contributed by atoms with Crippen LogP contribution < -0.4 is 21.3 Å². The van der Waals surface area contributed by atoms with Crippen LogP contribution >= 0.6 is 23.5 Å². The number of hydrogen-bond donors (Lipinski definition) is 6. The number of carbonyl (C=O) groups is 4. The molecule has 2 unspecified atom stereocenters. The minimum atomic E-state index is -1.35. The first-order valence-electron chi connectivity index (χ1n) is 16.1. The molecule has 6 atom stereocenters. The van der Waals surface area contributed by atoms with Gasteiger partial charge in [-0.25, -0.2) is 4.98 Å². The predicted octanol–water partition coefficient (Wildman–Crippen LogP) is 1.01. The van der Waals surface area contributed by atoms with Gasteiger partial charge in [0.05, 0.1) is 16.3 Å². The summed E-state index contributed by atoms with van der Waals surface area (Å²) in [6.45, 7) is 9.40. The predicted molar refractivity (Wildman–Crippen MR) is 178 cm³/mol. The van der Waals surface area contributed by atoms with Crippen LogP contribution in [-0.2, 0) is 14.4 Å². The lowest BCUT2D eigenvalue weighted by atomic mass is 9.85. The van der Waals surface area contributed by atoms with E-state index in [1.807, 2.05) is 27.7 Å². The van der Waals surface area contributed by atoms with E-state index in [9.17, 15) is 29.4 Å². The summed E-state index contributed by atoms with van der Waals surface area (Å²) >= 11 is 3.57. The molecular formula is C31H49N7O6S2. The van der Waals surface area contributed by atoms with Crippen molar-refractivity contribution in [3.05, 3.63) is 24.3 Å². The lowest BCUT2D eigenvalue weighted by Crippen LogP contribution is -2.62. The van der Waals surface area contributed by atoms with Gasteiger partial charge in [0, 0.05) is 31.0 Å². The van der Waals surface area contributed by atoms with E-state index in [2.05, 4.69) is 31.2 Å². The van der Waals surface area contributed by atoms with E-state index in [0.717, 1.165) is 30.8 Å². The number of nitrogens with zero attached hydrogens (tertiary/aromatic N) is 3. The Balaban J connectivity index is 1.52. The quantitative estimate of drug-likeness (QED) is 0.164. The number of likely N-dealkylation sites (tertiary alicyclic amines) is 1. The van der Waals surface area contributed by atoms with Crippen molar-refractivity contribution in [2.24, 2.45) is 5.41 Å². The summed E-state index contributed by atoms with van der Waals surface area (Å²) in [6.07, 6.45) is 6.00. The number of hydrogen-bond acceptors (Lipinski definition) is 11. The largest absolute Gasteiger partial charge is 0.382 e. The van der Waals surface area contributed by atoms with Crippen LogP contribution in [0.25, 0.3) is 0 Å². The van der Waals surface area contributed by atoms with Gasteiger partial charge in [0.1, 0.15) is 30.1 Å². The van der Waals surface area contributed by atoms with Gasteiger partial charge in [-0.2, -0.15) is 0 Å². The van der Waals surface area contributed by atoms with Gasteiger partial charge in [-0.15, -0.1) is 23.5 Å². The minimum Gasteiger partial charge on any atom is -0.382 e. The monoisotopic (exact) mass is 679 g/mol. The van der Waals surface area contributed by atoms with Crippen molar-refractivity contribution < 1.29 is 29.4 Å². The van der Waals surface area contributed by atoms with Gasteiger partial charge in [-0.1, -0.05) is 34.1 Å². The molecule has 256 valence electrons. The third kappa shape index (κ3) is 9.33. The Morgan fingerprint density at radius 3 is 2.37 bits per heavy atom. The highest BCUT2D eigenvalue weighted by atomic mass is 32.2. The number of amides is 4. The second-order valence-corrected chi connectivity index (χ2v) is 16.7. The van der Waals surface area contributed by atoms with Crippen molar-refractivity contribution in [1.82, 2.24) is 36.1 Å². The topological polar surface area (TPSA) is 186 Å². The number of carbonyl (C=O) groups excluding carboxylic acids is 4. The molecule has 3 fully saturated rings. The van der Waals surface area contributed by atoms with Gasteiger partial charge in [0.25, 0.3) is 11.8 Å². The molecule has 1 aromatic rings. The zero-order chi connectivity index (χ0) is 33.6. The molecule has 0 bridgehead atoms. The van der Waals surface area contributed by atoms with E-state index in [1.54, 1.807) is 28.4 Å². The van der Waals surface area contributed by atoms with Gasteiger partial charge in [0.15, 0.2) is 0 Å². The average Bonchev–Trinajstić information content (AvgIpc) is 3.77. The molecule has 0 radical (unpaired) electrons. The van der Waals surface area contributed by atoms with E-state index >= 15 is 0 Å². The Hall–Kier alpha value is -2.46. The fourth-order valence-corrected chi connectivity index (χ4v) is 9.10. The summed E-state index contributed by atoms with van der Waals surface area (Å²) in [5.74, 6) is -0.0407. The minimum absolute atomic E-state index is 0.0660. The lowest BCUT2D eigenvalue weighted by Gasteiger charge is -2.38. The number of aliphatic hydroxyl groups excluding tert-OH is 2. The SMILES string of the molecule is CCC[C@H](NC(O)[C@@H]1CC2(CN1C(=O)[C@@H](NC(=O)[C@H](C)NC(=O)c1cnccn1)C(C)(C)C)SCCCS2)C(O)C(=O)NC1CC1. The molecular weight excluding hydrogens is 631 g/mol. The number of nitrogens with one attached hydrogen (secondary N) is 4. The van der Waals surface area contributed by atoms with Gasteiger partial charge in [-0.3, -0.25) is 29.5 Å². The van der Waals surface area contributed by atoms with Gasteiger partial charge in [0.2, 0.25) is 11.8 Å². The number of aliphatic hydroxyl groups is 2. The van der Waals surface area contributed by atoms with Gasteiger partial charge < -0.3 is 31.1 Å². The van der Waals surface area contributed by atoms with Crippen LogP contribution in [0.5, 0.6) is 0 Å². The Morgan fingerprint density at radius 2 is 1.78 bits per heavy atom. The highest BCUT2D eigenvalue weighted by Gasteiger charge is 2.52. The van der Waals surface area contributed by atoms with Crippen LogP contribution in [0.15, 0.2) is 18.6 Å². The summed E-state index contributed by atoms with van der Waals surface area (Å²) in [5.41, 5.74) is -0.648. The van der Waals surface area contributed by atoms with Crippen LogP contribution in [0.3, 0.4) is 0 Å². The van der Waals surface area contributed by atoms with Gasteiger partial charge in [-0.05, 0) is 55.9 Å². The second kappa shape index (κ2) is 15.6. The first kappa shape index (κ1) is 36.4. The van der Waals surface area contributed by atoms with Gasteiger partial charge >= 0.3 is 0 Å². The molecule has 4 amide bonds. The highest BCUT2D eigenvalue weighted by Crippen LogP contribution is 2.51. The summed E-state index contributed by atoms with van der Waals surface area (Å²) in [7, 11) is 0. The maximum Gasteiger partial charge on any atom is 0.272 e. The lowest BCUT2D eigenvalue weighted by molar-refractivity contribution is -0.143. The first-order chi connectivity index (χ1) is 21.7. The second-order valence-electron chi connectivity index (χ2n) is 13.5. The van der Waals surface area contributed by atoms with E-state index in [-0.39, 0.29) is 21.7 Å². The van der Waals surface area contributed by atoms with E-state index < -0.39 is 59.6 Å². The molecule has 1 saturated carbocycles. The molecule has 13 nitrogen and oxygen atoms in total. The third-order valence-electron chi connectivity index (χ3n) is 8.49. The van der Waals surface area contributed by atoms with E-state index in [4.69, 9.17) is 0 Å². The molecule has 6 N–H and O–H groups in total. The summed E-state index contributed by atoms with van der Waals surface area (Å²) in [6, 6.07) is -3.23. The summed E-state index contributed by atoms with van der Waals surface area (Å²) in [4.78, 5) is 62.6. The molecule has 46 heavy (non-hydrogen) atoms. The molecule has 1 aromatic heterocycles. The number of thioether (sulfide) groups is 2. The van der Waals surface area contributed by atoms with Crippen LogP contribution in [0.2, 0.25) is 0 Å². The fraction of sp³-hybridized carbons (Fsp3) is 0.742. The molecule has 4 rings (SSSR count). The normalized spacial score (nSPS) is 22.8. The molecule has 2 saturated heterocycles. The van der Waals surface area contributed by atoms with Crippen LogP contribution in [0, 0.1) is 5.41 Å². The van der Waals surface area contributed by atoms with Crippen molar-refractivity contribution in [3.63, 3.8) is 0 Å². The molecule has 2 aliphatic heterocycles. The Kier molecular flexibility index (Phi) is 12.4. The van der Waals surface area contributed by atoms with Crippen molar-refractivity contribution in [1.29, 1.82) is 0 Å². The molecule has 3 aliphatic rings. The maximum absolute atomic E-state index is 14.5. The van der Waals surface area contributed by atoms with Crippen molar-refractivity contribution in [3.8, 4) is 0 Å². The number of rotatable bonds is 13. The first-order valence-corrected chi connectivity index (χ1v) is 18.1. The highest BCUT2D eigenvalue weighted by molar-refractivity contribution is 8.18. The van der Waals surface area contributed by atoms with E-state index in [1.165, 1.54) is 25.5 Å². The molecule has 15 heteroatoms. The molecule has 1 aliphatic carbocycles. The Bertz CT molecular complexity index is 1230. The third-order valence-corrected chi connectivity index (χ3v) is 11.8. The fourth-order valence-electron chi connectivity index (χ4n) is 5.72. The zero-order valence-corrected chi connectivity index (χ0v) is 29.0. The molecule has 3 heterocycles. The summed E-state index contributed by atoms with van der Waals surface area (Å²) < 4.78 is -0.326. The molecule has 0 aromatic carbocycles. The molecule has 1 spiro atoms. The summed E-state index contributed by atoms with van der Waals surface area (Å²) in [5, 5.41) is 34.0. The average molecular weight is 680 g/mol. The van der Waals surface area contributed by atoms with Crippen molar-refractivity contribution in [2.45, 2.75) is 120 Å². The number of aromatic nitrogens is 2. The Labute approximate surface area is 279 Å². The van der Waals surface area contributed by atoms with E-state index in [0.29, 0.717) is 25.8 Å². The Morgan fingerprint density at radius 1 is 1.09 bits per heavy atom. The zero-order valence-electron chi connectivity index (χ0n) is 27.3. The van der Waals surface area contributed by atoms with Crippen molar-refractivity contribution >= 4 is 47.2 Å².